The number of pyridine rings is 1. The van der Waals surface area contributed by atoms with E-state index in [1.165, 1.54) is 0 Å². The summed E-state index contributed by atoms with van der Waals surface area (Å²) in [6.45, 7) is 0. The summed E-state index contributed by atoms with van der Waals surface area (Å²) in [5, 5.41) is 12.3. The molecule has 0 radical (unpaired) electrons. The number of fused-ring (bicyclic) bond motifs is 1. The average molecular weight is 438 g/mol. The summed E-state index contributed by atoms with van der Waals surface area (Å²) < 4.78 is 8.14. The number of nitriles is 1. The van der Waals surface area contributed by atoms with Crippen molar-refractivity contribution in [3.63, 3.8) is 0 Å². The molecule has 156 valence electrons. The molecule has 0 amide bonds. The van der Waals surface area contributed by atoms with E-state index in [0.29, 0.717) is 17.3 Å². The van der Waals surface area contributed by atoms with E-state index >= 15 is 0 Å². The number of nitrogens with zero attached hydrogens (tertiary/aromatic N) is 4. The smallest absolute Gasteiger partial charge is 0.182 e. The fourth-order valence-corrected chi connectivity index (χ4v) is 4.97. The van der Waals surface area contributed by atoms with E-state index in [4.69, 9.17) is 9.73 Å². The predicted octanol–water partition coefficient (Wildman–Crippen LogP) is 5.62. The Balaban J connectivity index is 1.45. The Morgan fingerprint density at radius 1 is 1.09 bits per heavy atom. The van der Waals surface area contributed by atoms with Gasteiger partial charge < -0.3 is 9.30 Å². The van der Waals surface area contributed by atoms with E-state index in [-0.39, 0.29) is 5.37 Å². The van der Waals surface area contributed by atoms with E-state index in [1.807, 2.05) is 97.1 Å². The molecule has 1 atom stereocenters. The molecule has 1 unspecified atom stereocenters. The van der Waals surface area contributed by atoms with Gasteiger partial charge in [0.1, 0.15) is 22.7 Å². The van der Waals surface area contributed by atoms with Gasteiger partial charge >= 0.3 is 0 Å². The van der Waals surface area contributed by atoms with E-state index in [9.17, 15) is 5.26 Å². The highest BCUT2D eigenvalue weighted by Gasteiger charge is 2.27. The van der Waals surface area contributed by atoms with Crippen molar-refractivity contribution in [2.75, 3.05) is 0 Å². The molecule has 2 aromatic carbocycles. The number of thioether (sulfide) groups is 1. The minimum Gasteiger partial charge on any atom is -0.457 e. The van der Waals surface area contributed by atoms with E-state index in [0.717, 1.165) is 28.3 Å². The molecule has 1 aliphatic heterocycles. The number of hydrogen-bond donors (Lipinski definition) is 1. The quantitative estimate of drug-likeness (QED) is 0.190. The van der Waals surface area contributed by atoms with Gasteiger partial charge in [0.2, 0.25) is 0 Å². The molecule has 0 fully saturated rings. The second kappa shape index (κ2) is 9.00. The number of nitrogens with one attached hydrogen (secondary N) is 1. The average Bonchev–Trinajstić information content (AvgIpc) is 3.43. The van der Waals surface area contributed by atoms with Crippen LogP contribution in [0, 0.1) is 11.5 Å². The van der Waals surface area contributed by atoms with Crippen LogP contribution in [0.5, 0.6) is 11.5 Å². The van der Waals surface area contributed by atoms with Crippen LogP contribution in [0.1, 0.15) is 22.2 Å². The normalized spacial score (nSPS) is 15.1. The number of ether oxygens (including phenoxy) is 1. The summed E-state index contributed by atoms with van der Waals surface area (Å²) in [7, 11) is 0. The van der Waals surface area contributed by atoms with Crippen molar-refractivity contribution in [1.29, 1.82) is 5.26 Å². The molecule has 1 N–H and O–H groups in total. The molecule has 6 nitrogen and oxygen atoms in total. The van der Waals surface area contributed by atoms with Gasteiger partial charge in [-0.05, 0) is 36.4 Å². The van der Waals surface area contributed by atoms with Crippen molar-refractivity contribution in [3.8, 4) is 17.7 Å². The molecule has 0 spiro atoms. The summed E-state index contributed by atoms with van der Waals surface area (Å²) in [6, 6.07) is 23.2. The minimum absolute atomic E-state index is 0.165. The van der Waals surface area contributed by atoms with Crippen LogP contribution >= 0.6 is 11.8 Å². The van der Waals surface area contributed by atoms with Gasteiger partial charge in [-0.1, -0.05) is 30.3 Å². The minimum atomic E-state index is 0.165. The van der Waals surface area contributed by atoms with Crippen molar-refractivity contribution in [2.24, 2.45) is 4.99 Å². The zero-order chi connectivity index (χ0) is 21.8. The number of hydrogen-bond acceptors (Lipinski definition) is 5. The molecule has 4 aromatic rings. The second-order valence-corrected chi connectivity index (χ2v) is 8.21. The lowest BCUT2D eigenvalue weighted by Crippen LogP contribution is -2.19. The Hall–Kier alpha value is -4.02. The van der Waals surface area contributed by atoms with Gasteiger partial charge in [0.15, 0.2) is 6.19 Å². The fraction of sp³-hybridized carbons (Fsp3) is 0.0800. The van der Waals surface area contributed by atoms with Crippen molar-refractivity contribution in [3.05, 3.63) is 108 Å². The third kappa shape index (κ3) is 4.09. The summed E-state index contributed by atoms with van der Waals surface area (Å²) in [5.74, 6) is 2.78. The van der Waals surface area contributed by atoms with E-state index in [2.05, 4.69) is 20.9 Å². The molecular weight excluding hydrogens is 418 g/mol. The summed E-state index contributed by atoms with van der Waals surface area (Å²) in [6.07, 6.45) is 7.75. The summed E-state index contributed by atoms with van der Waals surface area (Å²) in [4.78, 5) is 8.99. The highest BCUT2D eigenvalue weighted by atomic mass is 32.2. The van der Waals surface area contributed by atoms with Crippen LogP contribution in [0.15, 0.2) is 96.4 Å². The monoisotopic (exact) mass is 437 g/mol. The summed E-state index contributed by atoms with van der Waals surface area (Å²) >= 11 is 1.83. The Morgan fingerprint density at radius 2 is 1.97 bits per heavy atom. The Morgan fingerprint density at radius 3 is 2.78 bits per heavy atom. The maximum absolute atomic E-state index is 9.35. The molecule has 1 aliphatic rings. The van der Waals surface area contributed by atoms with Crippen LogP contribution in [0.25, 0.3) is 0 Å². The molecule has 0 saturated carbocycles. The van der Waals surface area contributed by atoms with Crippen molar-refractivity contribution < 1.29 is 4.74 Å². The first-order chi connectivity index (χ1) is 15.8. The first-order valence-electron chi connectivity index (χ1n) is 10.1. The van der Waals surface area contributed by atoms with Crippen LogP contribution in [0.3, 0.4) is 0 Å². The fourth-order valence-electron chi connectivity index (χ4n) is 3.66. The second-order valence-electron chi connectivity index (χ2n) is 7.14. The maximum atomic E-state index is 9.35. The zero-order valence-corrected chi connectivity index (χ0v) is 17.9. The molecular formula is C25H19N5OS. The van der Waals surface area contributed by atoms with Gasteiger partial charge in [0, 0.05) is 47.2 Å². The maximum Gasteiger partial charge on any atom is 0.182 e. The molecule has 0 saturated heterocycles. The van der Waals surface area contributed by atoms with Gasteiger partial charge in [-0.3, -0.25) is 10.3 Å². The molecule has 7 heteroatoms. The number of benzene rings is 2. The van der Waals surface area contributed by atoms with Crippen LogP contribution in [0.2, 0.25) is 0 Å². The van der Waals surface area contributed by atoms with Crippen molar-refractivity contribution in [2.45, 2.75) is 11.1 Å². The SMILES string of the molecule is N#CNC(=Nc1cccc(Oc2ccccc2)c1)c1ccn2c1CSC2c1cccnc1. The van der Waals surface area contributed by atoms with Gasteiger partial charge in [-0.2, -0.15) is 5.26 Å². The van der Waals surface area contributed by atoms with Crippen LogP contribution in [-0.4, -0.2) is 15.4 Å². The van der Waals surface area contributed by atoms with Crippen LogP contribution < -0.4 is 10.1 Å². The standard InChI is InChI=1S/C25H19N5OS/c26-17-28-24(29-19-7-4-10-21(14-19)31-20-8-2-1-3-9-20)22-11-13-30-23(22)16-32-25(30)18-6-5-12-27-15-18/h1-15,25H,16H2,(H,28,29). The summed E-state index contributed by atoms with van der Waals surface area (Å²) in [5.41, 5.74) is 3.89. The topological polar surface area (TPSA) is 75.2 Å². The third-order valence-electron chi connectivity index (χ3n) is 5.09. The molecule has 3 heterocycles. The number of aromatic nitrogens is 2. The Labute approximate surface area is 190 Å². The first-order valence-corrected chi connectivity index (χ1v) is 11.1. The van der Waals surface area contributed by atoms with Crippen molar-refractivity contribution in [1.82, 2.24) is 14.9 Å². The lowest BCUT2D eigenvalue weighted by molar-refractivity contribution is 0.483. The van der Waals surface area contributed by atoms with Crippen LogP contribution in [-0.2, 0) is 5.75 Å². The first kappa shape index (κ1) is 19.9. The Bertz CT molecular complexity index is 1290. The highest BCUT2D eigenvalue weighted by molar-refractivity contribution is 7.99. The molecule has 0 aliphatic carbocycles. The number of para-hydroxylation sites is 1. The highest BCUT2D eigenvalue weighted by Crippen LogP contribution is 2.42. The number of rotatable bonds is 5. The zero-order valence-electron chi connectivity index (χ0n) is 17.1. The largest absolute Gasteiger partial charge is 0.457 e. The van der Waals surface area contributed by atoms with Gasteiger partial charge in [-0.15, -0.1) is 11.8 Å². The van der Waals surface area contributed by atoms with Crippen LogP contribution in [0.4, 0.5) is 5.69 Å². The van der Waals surface area contributed by atoms with Crippen molar-refractivity contribution >= 4 is 23.3 Å². The van der Waals surface area contributed by atoms with E-state index in [1.54, 1.807) is 6.20 Å². The molecule has 5 rings (SSSR count). The van der Waals surface area contributed by atoms with Gasteiger partial charge in [0.05, 0.1) is 5.69 Å². The third-order valence-corrected chi connectivity index (χ3v) is 6.35. The molecule has 32 heavy (non-hydrogen) atoms. The number of amidine groups is 1. The van der Waals surface area contributed by atoms with Gasteiger partial charge in [0.25, 0.3) is 0 Å². The number of aliphatic imine (C=N–C) groups is 1. The predicted molar refractivity (Wildman–Crippen MR) is 126 cm³/mol. The molecule has 2 aromatic heterocycles. The lowest BCUT2D eigenvalue weighted by atomic mass is 10.2. The molecule has 0 bridgehead atoms. The van der Waals surface area contributed by atoms with E-state index < -0.39 is 0 Å². The van der Waals surface area contributed by atoms with Gasteiger partial charge in [-0.25, -0.2) is 4.99 Å². The lowest BCUT2D eigenvalue weighted by Gasteiger charge is -2.12. The Kier molecular flexibility index (Phi) is 5.60.